The highest BCUT2D eigenvalue weighted by Crippen LogP contribution is 2.31. The average molecular weight is 291 g/mol. The Balaban J connectivity index is 1.67. The van der Waals surface area contributed by atoms with Gasteiger partial charge in [-0.15, -0.1) is 0 Å². The first-order valence-corrected chi connectivity index (χ1v) is 7.46. The second-order valence-electron chi connectivity index (χ2n) is 5.60. The summed E-state index contributed by atoms with van der Waals surface area (Å²) in [6.45, 7) is 1.18. The summed E-state index contributed by atoms with van der Waals surface area (Å²) >= 11 is 0. The SMILES string of the molecule is COC(=O)CC(Cc1ccc2c(c1)OCCO2)NC1CC1. The van der Waals surface area contributed by atoms with E-state index in [0.29, 0.717) is 25.7 Å². The van der Waals surface area contributed by atoms with E-state index in [0.717, 1.165) is 23.5 Å². The molecule has 1 fully saturated rings. The molecule has 1 aromatic rings. The fraction of sp³-hybridized carbons (Fsp3) is 0.562. The van der Waals surface area contributed by atoms with Crippen molar-refractivity contribution in [2.24, 2.45) is 0 Å². The molecule has 1 N–H and O–H groups in total. The Kier molecular flexibility index (Phi) is 4.29. The molecule has 1 heterocycles. The number of hydrogen-bond donors (Lipinski definition) is 1. The summed E-state index contributed by atoms with van der Waals surface area (Å²) in [6, 6.07) is 6.64. The van der Waals surface area contributed by atoms with Crippen molar-refractivity contribution in [3.8, 4) is 11.5 Å². The van der Waals surface area contributed by atoms with Gasteiger partial charge in [0.1, 0.15) is 13.2 Å². The Morgan fingerprint density at radius 2 is 2.10 bits per heavy atom. The van der Waals surface area contributed by atoms with Gasteiger partial charge in [0.25, 0.3) is 0 Å². The van der Waals surface area contributed by atoms with Crippen LogP contribution < -0.4 is 14.8 Å². The van der Waals surface area contributed by atoms with Gasteiger partial charge in [0.05, 0.1) is 13.5 Å². The zero-order chi connectivity index (χ0) is 14.7. The van der Waals surface area contributed by atoms with Gasteiger partial charge in [-0.25, -0.2) is 0 Å². The molecule has 0 bridgehead atoms. The largest absolute Gasteiger partial charge is 0.486 e. The molecule has 1 aromatic carbocycles. The van der Waals surface area contributed by atoms with Crippen LogP contribution in [0.5, 0.6) is 11.5 Å². The maximum atomic E-state index is 11.5. The predicted molar refractivity (Wildman–Crippen MR) is 77.7 cm³/mol. The van der Waals surface area contributed by atoms with E-state index >= 15 is 0 Å². The second kappa shape index (κ2) is 6.35. The van der Waals surface area contributed by atoms with Crippen LogP contribution in [-0.4, -0.2) is 38.4 Å². The normalized spacial score (nSPS) is 18.1. The minimum atomic E-state index is -0.175. The number of rotatable bonds is 6. The summed E-state index contributed by atoms with van der Waals surface area (Å²) < 4.78 is 15.9. The van der Waals surface area contributed by atoms with Gasteiger partial charge < -0.3 is 19.5 Å². The number of carbonyl (C=O) groups excluding carboxylic acids is 1. The number of fused-ring (bicyclic) bond motifs is 1. The molecule has 1 saturated carbocycles. The Bertz CT molecular complexity index is 513. The van der Waals surface area contributed by atoms with Gasteiger partial charge in [0.15, 0.2) is 11.5 Å². The first kappa shape index (κ1) is 14.2. The molecule has 0 amide bonds. The van der Waals surface area contributed by atoms with E-state index in [9.17, 15) is 4.79 Å². The van der Waals surface area contributed by atoms with Gasteiger partial charge in [-0.1, -0.05) is 6.07 Å². The molecule has 21 heavy (non-hydrogen) atoms. The number of nitrogens with one attached hydrogen (secondary N) is 1. The molecule has 1 aliphatic carbocycles. The molecule has 1 unspecified atom stereocenters. The molecular weight excluding hydrogens is 270 g/mol. The molecule has 1 aliphatic heterocycles. The fourth-order valence-corrected chi connectivity index (χ4v) is 2.56. The molecular formula is C16H21NO4. The lowest BCUT2D eigenvalue weighted by atomic mass is 10.0. The summed E-state index contributed by atoms with van der Waals surface area (Å²) in [5.74, 6) is 1.41. The van der Waals surface area contributed by atoms with E-state index in [4.69, 9.17) is 14.2 Å². The minimum absolute atomic E-state index is 0.104. The van der Waals surface area contributed by atoms with E-state index in [1.165, 1.54) is 20.0 Å². The lowest BCUT2D eigenvalue weighted by Crippen LogP contribution is -2.35. The maximum absolute atomic E-state index is 11.5. The van der Waals surface area contributed by atoms with Crippen LogP contribution in [0.15, 0.2) is 18.2 Å². The van der Waals surface area contributed by atoms with Gasteiger partial charge in [-0.3, -0.25) is 4.79 Å². The molecule has 0 aromatic heterocycles. The van der Waals surface area contributed by atoms with Crippen molar-refractivity contribution < 1.29 is 19.0 Å². The van der Waals surface area contributed by atoms with Crippen molar-refractivity contribution in [3.63, 3.8) is 0 Å². The summed E-state index contributed by atoms with van der Waals surface area (Å²) in [5, 5.41) is 3.51. The lowest BCUT2D eigenvalue weighted by molar-refractivity contribution is -0.141. The maximum Gasteiger partial charge on any atom is 0.307 e. The molecule has 5 nitrogen and oxygen atoms in total. The van der Waals surface area contributed by atoms with Crippen LogP contribution in [-0.2, 0) is 16.0 Å². The lowest BCUT2D eigenvalue weighted by Gasteiger charge is -2.21. The molecule has 5 heteroatoms. The van der Waals surface area contributed by atoms with E-state index in [-0.39, 0.29) is 12.0 Å². The fourth-order valence-electron chi connectivity index (χ4n) is 2.56. The van der Waals surface area contributed by atoms with E-state index < -0.39 is 0 Å². The number of methoxy groups -OCH3 is 1. The van der Waals surface area contributed by atoms with Crippen LogP contribution in [0.2, 0.25) is 0 Å². The van der Waals surface area contributed by atoms with Crippen LogP contribution >= 0.6 is 0 Å². The van der Waals surface area contributed by atoms with E-state index in [1.807, 2.05) is 18.2 Å². The topological polar surface area (TPSA) is 56.8 Å². The highest BCUT2D eigenvalue weighted by atomic mass is 16.6. The van der Waals surface area contributed by atoms with E-state index in [1.54, 1.807) is 0 Å². The summed E-state index contributed by atoms with van der Waals surface area (Å²) in [4.78, 5) is 11.5. The number of benzene rings is 1. The first-order chi connectivity index (χ1) is 10.2. The van der Waals surface area contributed by atoms with Crippen molar-refractivity contribution in [2.45, 2.75) is 37.8 Å². The Morgan fingerprint density at radius 1 is 1.33 bits per heavy atom. The number of carbonyl (C=O) groups is 1. The minimum Gasteiger partial charge on any atom is -0.486 e. The third-order valence-corrected chi connectivity index (χ3v) is 3.78. The third kappa shape index (κ3) is 3.88. The van der Waals surface area contributed by atoms with Crippen molar-refractivity contribution in [2.75, 3.05) is 20.3 Å². The van der Waals surface area contributed by atoms with Crippen molar-refractivity contribution in [3.05, 3.63) is 23.8 Å². The number of ether oxygens (including phenoxy) is 3. The predicted octanol–water partition coefficient (Wildman–Crippen LogP) is 1.68. The number of hydrogen-bond acceptors (Lipinski definition) is 5. The van der Waals surface area contributed by atoms with Gasteiger partial charge in [0, 0.05) is 12.1 Å². The van der Waals surface area contributed by atoms with Gasteiger partial charge in [-0.05, 0) is 37.0 Å². The summed E-state index contributed by atoms with van der Waals surface area (Å²) in [5.41, 5.74) is 1.14. The third-order valence-electron chi connectivity index (χ3n) is 3.78. The quantitative estimate of drug-likeness (QED) is 0.808. The van der Waals surface area contributed by atoms with Crippen LogP contribution in [0.25, 0.3) is 0 Å². The zero-order valence-electron chi connectivity index (χ0n) is 12.3. The van der Waals surface area contributed by atoms with Crippen LogP contribution in [0, 0.1) is 0 Å². The standard InChI is InChI=1S/C16H21NO4/c1-19-16(18)10-13(17-12-3-4-12)8-11-2-5-14-15(9-11)21-7-6-20-14/h2,5,9,12-13,17H,3-4,6-8,10H2,1H3. The molecule has 3 rings (SSSR count). The average Bonchev–Trinajstić information content (AvgIpc) is 3.31. The molecule has 0 saturated heterocycles. The number of esters is 1. The van der Waals surface area contributed by atoms with Crippen molar-refractivity contribution in [1.29, 1.82) is 0 Å². The van der Waals surface area contributed by atoms with Crippen LogP contribution in [0.3, 0.4) is 0 Å². The smallest absolute Gasteiger partial charge is 0.307 e. The Labute approximate surface area is 124 Å². The zero-order valence-corrected chi connectivity index (χ0v) is 12.3. The first-order valence-electron chi connectivity index (χ1n) is 7.46. The Hall–Kier alpha value is -1.75. The van der Waals surface area contributed by atoms with Crippen molar-refractivity contribution >= 4 is 5.97 Å². The highest BCUT2D eigenvalue weighted by molar-refractivity contribution is 5.70. The Morgan fingerprint density at radius 3 is 2.81 bits per heavy atom. The van der Waals surface area contributed by atoms with Gasteiger partial charge in [0.2, 0.25) is 0 Å². The monoisotopic (exact) mass is 291 g/mol. The second-order valence-corrected chi connectivity index (χ2v) is 5.60. The van der Waals surface area contributed by atoms with Crippen molar-refractivity contribution in [1.82, 2.24) is 5.32 Å². The molecule has 1 atom stereocenters. The van der Waals surface area contributed by atoms with Gasteiger partial charge in [-0.2, -0.15) is 0 Å². The highest BCUT2D eigenvalue weighted by Gasteiger charge is 2.26. The van der Waals surface area contributed by atoms with Gasteiger partial charge >= 0.3 is 5.97 Å². The molecule has 0 spiro atoms. The van der Waals surface area contributed by atoms with E-state index in [2.05, 4.69) is 5.32 Å². The summed E-state index contributed by atoms with van der Waals surface area (Å²) in [6.07, 6.45) is 3.56. The molecule has 2 aliphatic rings. The van der Waals surface area contributed by atoms with Crippen LogP contribution in [0.4, 0.5) is 0 Å². The van der Waals surface area contributed by atoms with Crippen LogP contribution in [0.1, 0.15) is 24.8 Å². The summed E-state index contributed by atoms with van der Waals surface area (Å²) in [7, 11) is 1.43. The molecule has 0 radical (unpaired) electrons. The molecule has 114 valence electrons.